The monoisotopic (exact) mass is 602 g/mol. The highest BCUT2D eigenvalue weighted by molar-refractivity contribution is 7.93. The van der Waals surface area contributed by atoms with Crippen LogP contribution in [0.5, 0.6) is 11.5 Å². The van der Waals surface area contributed by atoms with Gasteiger partial charge < -0.3 is 18.8 Å². The van der Waals surface area contributed by atoms with Crippen LogP contribution in [0.4, 0.5) is 5.95 Å². The number of furan rings is 1. The Morgan fingerprint density at radius 2 is 1.80 bits per heavy atom. The Morgan fingerprint density at radius 1 is 1.12 bits per heavy atom. The molecule has 1 atom stereocenters. The molecule has 3 heterocycles. The van der Waals surface area contributed by atoms with Crippen molar-refractivity contribution in [1.29, 1.82) is 0 Å². The minimum absolute atomic E-state index is 0.0635. The molecule has 0 aliphatic carbocycles. The number of amides is 1. The zero-order valence-corrected chi connectivity index (χ0v) is 24.9. The van der Waals surface area contributed by atoms with Crippen LogP contribution in [0, 0.1) is 0 Å². The number of hydrogen-bond donors (Lipinski definition) is 1. The third kappa shape index (κ3) is 6.15. The van der Waals surface area contributed by atoms with Crippen molar-refractivity contribution in [3.8, 4) is 28.8 Å². The average Bonchev–Trinajstić information content (AvgIpc) is 3.64. The van der Waals surface area contributed by atoms with Crippen molar-refractivity contribution in [1.82, 2.24) is 24.6 Å². The van der Waals surface area contributed by atoms with Crippen molar-refractivity contribution in [3.63, 3.8) is 0 Å². The highest BCUT2D eigenvalue weighted by Gasteiger charge is 2.30. The van der Waals surface area contributed by atoms with Gasteiger partial charge in [-0.05, 0) is 51.1 Å². The average molecular weight is 603 g/mol. The topological polar surface area (TPSA) is 142 Å². The molecule has 3 aromatic heterocycles. The smallest absolute Gasteiger partial charge is 0.255 e. The Hall–Kier alpha value is -4.10. The van der Waals surface area contributed by atoms with Crippen LogP contribution in [0.3, 0.4) is 0 Å². The van der Waals surface area contributed by atoms with E-state index < -0.39 is 15.3 Å². The molecule has 12 nitrogen and oxygen atoms in total. The fraction of sp³-hybridized carbons (Fsp3) is 0.333. The molecule has 0 bridgehead atoms. The molecular weight excluding hydrogens is 572 g/mol. The van der Waals surface area contributed by atoms with Gasteiger partial charge in [0, 0.05) is 25.7 Å². The van der Waals surface area contributed by atoms with Crippen LogP contribution in [0.15, 0.2) is 53.3 Å². The zero-order valence-electron chi connectivity index (χ0n) is 23.3. The first-order valence-corrected chi connectivity index (χ1v) is 14.7. The summed E-state index contributed by atoms with van der Waals surface area (Å²) >= 11 is 6.15. The minimum Gasteiger partial charge on any atom is -0.494 e. The van der Waals surface area contributed by atoms with E-state index in [2.05, 4.69) is 19.9 Å². The van der Waals surface area contributed by atoms with Gasteiger partial charge in [0.25, 0.3) is 5.91 Å². The van der Waals surface area contributed by atoms with Gasteiger partial charge in [0.1, 0.15) is 17.2 Å². The van der Waals surface area contributed by atoms with E-state index in [-0.39, 0.29) is 34.7 Å². The van der Waals surface area contributed by atoms with Gasteiger partial charge in [-0.1, -0.05) is 17.7 Å². The number of carbonyl (C=O) groups excluding carboxylic acids is 1. The molecule has 0 fully saturated rings. The Balaban J connectivity index is 1.74. The zero-order chi connectivity index (χ0) is 29.7. The number of aromatic nitrogens is 4. The number of nitrogens with one attached hydrogen (secondary N) is 1. The lowest BCUT2D eigenvalue weighted by molar-refractivity contribution is 0.0771. The number of nitrogens with zero attached hydrogens (tertiary/aromatic N) is 5. The summed E-state index contributed by atoms with van der Waals surface area (Å²) in [6.45, 7) is 6.20. The predicted molar refractivity (Wildman–Crippen MR) is 154 cm³/mol. The van der Waals surface area contributed by atoms with E-state index in [9.17, 15) is 13.2 Å². The lowest BCUT2D eigenvalue weighted by atomic mass is 10.1. The Morgan fingerprint density at radius 3 is 2.39 bits per heavy atom. The van der Waals surface area contributed by atoms with Crippen LogP contribution >= 0.6 is 11.6 Å². The molecule has 1 amide bonds. The van der Waals surface area contributed by atoms with Gasteiger partial charge in [-0.25, -0.2) is 8.42 Å². The van der Waals surface area contributed by atoms with Gasteiger partial charge in [0.2, 0.25) is 21.8 Å². The Bertz CT molecular complexity index is 1600. The summed E-state index contributed by atoms with van der Waals surface area (Å²) in [5.41, 5.74) is 0.935. The molecule has 0 aliphatic rings. The summed E-state index contributed by atoms with van der Waals surface area (Å²) in [7, 11) is -1.14. The van der Waals surface area contributed by atoms with E-state index in [0.717, 1.165) is 0 Å². The summed E-state index contributed by atoms with van der Waals surface area (Å²) in [5.74, 6) is 0.937. The maximum absolute atomic E-state index is 13.7. The number of pyridine rings is 1. The highest BCUT2D eigenvalue weighted by Crippen LogP contribution is 2.38. The summed E-state index contributed by atoms with van der Waals surface area (Å²) in [5, 5.41) is 7.59. The Kier molecular flexibility index (Phi) is 9.18. The van der Waals surface area contributed by atoms with Crippen LogP contribution in [-0.2, 0) is 16.4 Å². The second-order valence-electron chi connectivity index (χ2n) is 8.96. The van der Waals surface area contributed by atoms with Crippen LogP contribution in [0.1, 0.15) is 36.8 Å². The lowest BCUT2D eigenvalue weighted by Crippen LogP contribution is -2.33. The maximum atomic E-state index is 13.7. The molecule has 4 aromatic rings. The van der Waals surface area contributed by atoms with Gasteiger partial charge in [0.05, 0.1) is 42.0 Å². The van der Waals surface area contributed by atoms with Gasteiger partial charge in [-0.15, -0.1) is 10.2 Å². The quantitative estimate of drug-likeness (QED) is 0.249. The largest absolute Gasteiger partial charge is 0.494 e. The summed E-state index contributed by atoms with van der Waals surface area (Å²) < 4.78 is 48.0. The standard InChI is InChI=1S/C27H31ClN6O6S/c1-6-33(7-2)26(35)19-15-18(28)16-29-20(19)14-17(3)41(36,37)32-27-31-30-25(23-12-9-13-40-23)34(27)24-21(38-4)10-8-11-22(24)39-5/h8-13,15-17H,6-7,14H2,1-5H3,(H,31,32)/t17-/m0/s1. The van der Waals surface area contributed by atoms with Crippen molar-refractivity contribution >= 4 is 33.5 Å². The van der Waals surface area contributed by atoms with Gasteiger partial charge in [0.15, 0.2) is 5.76 Å². The summed E-state index contributed by atoms with van der Waals surface area (Å²) in [4.78, 5) is 19.1. The normalized spacial score (nSPS) is 12.1. The van der Waals surface area contributed by atoms with Crippen LogP contribution in [0.25, 0.3) is 17.3 Å². The second-order valence-corrected chi connectivity index (χ2v) is 11.5. The van der Waals surface area contributed by atoms with E-state index in [0.29, 0.717) is 41.7 Å². The molecule has 1 N–H and O–H groups in total. The SMILES string of the molecule is CCN(CC)C(=O)c1cc(Cl)cnc1C[C@H](C)S(=O)(=O)Nc1nnc(-c2ccco2)n1-c1c(OC)cccc1OC. The molecule has 4 rings (SSSR count). The van der Waals surface area contributed by atoms with E-state index in [1.54, 1.807) is 35.2 Å². The van der Waals surface area contributed by atoms with Crippen molar-refractivity contribution < 1.29 is 27.1 Å². The molecule has 0 spiro atoms. The predicted octanol–water partition coefficient (Wildman–Crippen LogP) is 4.45. The van der Waals surface area contributed by atoms with Gasteiger partial charge in [-0.3, -0.25) is 19.1 Å². The van der Waals surface area contributed by atoms with Gasteiger partial charge in [-0.2, -0.15) is 0 Å². The van der Waals surface area contributed by atoms with Crippen molar-refractivity contribution in [2.45, 2.75) is 32.4 Å². The number of carbonyl (C=O) groups is 1. The fourth-order valence-electron chi connectivity index (χ4n) is 4.29. The number of anilines is 1. The number of rotatable bonds is 12. The molecular formula is C27H31ClN6O6S. The molecule has 0 saturated heterocycles. The van der Waals surface area contributed by atoms with E-state index >= 15 is 0 Å². The molecule has 0 unspecified atom stereocenters. The molecule has 1 aromatic carbocycles. The van der Waals surface area contributed by atoms with Crippen LogP contribution < -0.4 is 14.2 Å². The number of methoxy groups -OCH3 is 2. The third-order valence-corrected chi connectivity index (χ3v) is 8.39. The molecule has 0 radical (unpaired) electrons. The highest BCUT2D eigenvalue weighted by atomic mass is 35.5. The van der Waals surface area contributed by atoms with Crippen LogP contribution in [0.2, 0.25) is 5.02 Å². The first-order valence-electron chi connectivity index (χ1n) is 12.8. The fourth-order valence-corrected chi connectivity index (χ4v) is 5.41. The van der Waals surface area contributed by atoms with E-state index in [1.165, 1.54) is 44.2 Å². The number of benzene rings is 1. The number of para-hydroxylation sites is 1. The van der Waals surface area contributed by atoms with Crippen molar-refractivity contribution in [2.24, 2.45) is 0 Å². The van der Waals surface area contributed by atoms with Crippen molar-refractivity contribution in [2.75, 3.05) is 32.0 Å². The van der Waals surface area contributed by atoms with E-state index in [4.69, 9.17) is 25.5 Å². The minimum atomic E-state index is -4.10. The summed E-state index contributed by atoms with van der Waals surface area (Å²) in [6, 6.07) is 9.99. The molecule has 0 saturated carbocycles. The summed E-state index contributed by atoms with van der Waals surface area (Å²) in [6.07, 6.45) is 2.80. The molecule has 218 valence electrons. The molecule has 41 heavy (non-hydrogen) atoms. The van der Waals surface area contributed by atoms with Crippen molar-refractivity contribution in [3.05, 3.63) is 65.1 Å². The molecule has 14 heteroatoms. The number of ether oxygens (including phenoxy) is 2. The first-order chi connectivity index (χ1) is 19.6. The third-order valence-electron chi connectivity index (χ3n) is 6.49. The lowest BCUT2D eigenvalue weighted by Gasteiger charge is -2.21. The Labute approximate surface area is 243 Å². The number of halogens is 1. The van der Waals surface area contributed by atoms with Gasteiger partial charge >= 0.3 is 0 Å². The second kappa shape index (κ2) is 12.6. The van der Waals surface area contributed by atoms with Crippen LogP contribution in [-0.4, -0.2) is 71.5 Å². The maximum Gasteiger partial charge on any atom is 0.255 e. The number of sulfonamides is 1. The number of hydrogen-bond acceptors (Lipinski definition) is 9. The molecule has 0 aliphatic heterocycles. The van der Waals surface area contributed by atoms with E-state index in [1.807, 2.05) is 13.8 Å². The first kappa shape index (κ1) is 29.9.